The molecule has 0 aromatic heterocycles. The summed E-state index contributed by atoms with van der Waals surface area (Å²) < 4.78 is 13.1. The highest BCUT2D eigenvalue weighted by Gasteiger charge is 2.37. The molecule has 1 saturated heterocycles. The summed E-state index contributed by atoms with van der Waals surface area (Å²) in [4.78, 5) is 22.4. The molecule has 0 spiro atoms. The quantitative estimate of drug-likeness (QED) is 0.619. The number of amidine groups is 1. The Kier molecular flexibility index (Phi) is 4.46. The van der Waals surface area contributed by atoms with Crippen molar-refractivity contribution in [2.75, 3.05) is 19.0 Å². The average Bonchev–Trinajstić information content (AvgIpc) is 3.08. The van der Waals surface area contributed by atoms with E-state index in [1.807, 2.05) is 30.1 Å². The summed E-state index contributed by atoms with van der Waals surface area (Å²) in [5, 5.41) is 2.07. The summed E-state index contributed by atoms with van der Waals surface area (Å²) in [7, 11) is 3.61. The molecule has 0 radical (unpaired) electrons. The first-order valence-electron chi connectivity index (χ1n) is 7.69. The minimum atomic E-state index is -0.319. The Balaban J connectivity index is 1.69. The van der Waals surface area contributed by atoms with Gasteiger partial charge in [0.15, 0.2) is 5.17 Å². The van der Waals surface area contributed by atoms with Crippen LogP contribution in [0.5, 0.6) is 0 Å². The van der Waals surface area contributed by atoms with Gasteiger partial charge in [0, 0.05) is 24.0 Å². The summed E-state index contributed by atoms with van der Waals surface area (Å²) in [6.45, 7) is 0. The number of carbonyl (C=O) groups excluding carboxylic acids is 1. The smallest absolute Gasteiger partial charge is 0.269 e. The van der Waals surface area contributed by atoms with Crippen LogP contribution >= 0.6 is 35.1 Å². The monoisotopic (exact) mass is 405 g/mol. The second kappa shape index (κ2) is 6.64. The molecule has 4 nitrogen and oxygen atoms in total. The number of aliphatic imine (C=N–C) groups is 1. The fourth-order valence-corrected chi connectivity index (χ4v) is 5.10. The van der Waals surface area contributed by atoms with Crippen molar-refractivity contribution < 1.29 is 9.18 Å². The molecule has 26 heavy (non-hydrogen) atoms. The summed E-state index contributed by atoms with van der Waals surface area (Å²) in [6.07, 6.45) is 0. The van der Waals surface area contributed by atoms with E-state index in [1.165, 1.54) is 28.8 Å². The molecule has 0 saturated carbocycles. The van der Waals surface area contributed by atoms with Gasteiger partial charge in [-0.2, -0.15) is 0 Å². The van der Waals surface area contributed by atoms with Gasteiger partial charge >= 0.3 is 0 Å². The molecule has 0 N–H and O–H groups in total. The maximum atomic E-state index is 13.1. The van der Waals surface area contributed by atoms with Gasteiger partial charge < -0.3 is 4.90 Å². The molecule has 0 unspecified atom stereocenters. The zero-order valence-corrected chi connectivity index (χ0v) is 16.3. The summed E-state index contributed by atoms with van der Waals surface area (Å²) in [5.41, 5.74) is 1.58. The van der Waals surface area contributed by atoms with Crippen LogP contribution in [0.15, 0.2) is 62.3 Å². The lowest BCUT2D eigenvalue weighted by atomic mass is 10.3. The molecule has 0 bridgehead atoms. The molecule has 2 aliphatic heterocycles. The summed E-state index contributed by atoms with van der Waals surface area (Å²) in [5.74, 6) is -0.426. The van der Waals surface area contributed by atoms with Crippen molar-refractivity contribution >= 4 is 57.6 Å². The molecule has 8 heteroatoms. The van der Waals surface area contributed by atoms with Gasteiger partial charge in [-0.25, -0.2) is 9.38 Å². The van der Waals surface area contributed by atoms with Crippen molar-refractivity contribution in [1.29, 1.82) is 0 Å². The molecule has 4 rings (SSSR count). The largest absolute Gasteiger partial charge is 0.337 e. The Morgan fingerprint density at radius 3 is 2.50 bits per heavy atom. The third-order valence-electron chi connectivity index (χ3n) is 4.02. The van der Waals surface area contributed by atoms with Crippen molar-refractivity contribution in [1.82, 2.24) is 4.90 Å². The van der Waals surface area contributed by atoms with Gasteiger partial charge in [0.25, 0.3) is 5.91 Å². The highest BCUT2D eigenvalue weighted by molar-refractivity contribution is 8.19. The standard InChI is InChI=1S/C18H13ClFN3OS2/c1-22-13-9-10(19)3-8-14(13)25-17(22)15-16(24)23(2)18(26-15)21-12-6-4-11(20)5-7-12/h3-9H,1-2H3. The van der Waals surface area contributed by atoms with Crippen LogP contribution in [0, 0.1) is 5.82 Å². The SMILES string of the molecule is CN1C(=O)C(=C2Sc3ccc(Cl)cc3N2C)SC1=Nc1ccc(F)cc1. The van der Waals surface area contributed by atoms with E-state index in [0.29, 0.717) is 20.8 Å². The van der Waals surface area contributed by atoms with Crippen LogP contribution in [0.3, 0.4) is 0 Å². The van der Waals surface area contributed by atoms with Crippen LogP contribution in [0.2, 0.25) is 5.02 Å². The van der Waals surface area contributed by atoms with Gasteiger partial charge in [0.1, 0.15) is 10.7 Å². The molecule has 1 fully saturated rings. The van der Waals surface area contributed by atoms with E-state index in [2.05, 4.69) is 4.99 Å². The third-order valence-corrected chi connectivity index (χ3v) is 6.74. The van der Waals surface area contributed by atoms with Crippen molar-refractivity contribution in [2.24, 2.45) is 4.99 Å². The molecule has 2 aromatic rings. The van der Waals surface area contributed by atoms with Crippen molar-refractivity contribution in [2.45, 2.75) is 4.90 Å². The predicted octanol–water partition coefficient (Wildman–Crippen LogP) is 5.08. The van der Waals surface area contributed by atoms with Crippen molar-refractivity contribution in [3.63, 3.8) is 0 Å². The normalized spacial score (nSPS) is 21.1. The maximum Gasteiger partial charge on any atom is 0.269 e. The Labute approximate surface area is 163 Å². The topological polar surface area (TPSA) is 35.9 Å². The number of thioether (sulfide) groups is 2. The van der Waals surface area contributed by atoms with Gasteiger partial charge in [-0.05, 0) is 54.2 Å². The minimum Gasteiger partial charge on any atom is -0.337 e. The van der Waals surface area contributed by atoms with Gasteiger partial charge in [0.2, 0.25) is 0 Å². The zero-order valence-electron chi connectivity index (χ0n) is 13.9. The molecule has 1 amide bonds. The van der Waals surface area contributed by atoms with E-state index in [0.717, 1.165) is 15.6 Å². The number of hydrogen-bond donors (Lipinski definition) is 0. The molecule has 2 aliphatic rings. The fourth-order valence-electron chi connectivity index (χ4n) is 2.62. The van der Waals surface area contributed by atoms with E-state index < -0.39 is 0 Å². The third kappa shape index (κ3) is 3.00. The van der Waals surface area contributed by atoms with Gasteiger partial charge in [-0.1, -0.05) is 23.4 Å². The zero-order chi connectivity index (χ0) is 18.4. The molecular formula is C18H13ClFN3OS2. The Bertz CT molecular complexity index is 975. The van der Waals surface area contributed by atoms with Gasteiger partial charge in [-0.15, -0.1) is 0 Å². The Morgan fingerprint density at radius 1 is 1.04 bits per heavy atom. The highest BCUT2D eigenvalue weighted by atomic mass is 35.5. The van der Waals surface area contributed by atoms with E-state index in [4.69, 9.17) is 11.6 Å². The van der Waals surface area contributed by atoms with Crippen molar-refractivity contribution in [3.05, 3.63) is 63.2 Å². The first-order chi connectivity index (χ1) is 12.4. The lowest BCUT2D eigenvalue weighted by Crippen LogP contribution is -2.24. The number of anilines is 1. The van der Waals surface area contributed by atoms with Crippen LogP contribution in [-0.2, 0) is 4.79 Å². The number of hydrogen-bond acceptors (Lipinski definition) is 5. The van der Waals surface area contributed by atoms with E-state index in [1.54, 1.807) is 30.9 Å². The van der Waals surface area contributed by atoms with E-state index >= 15 is 0 Å². The van der Waals surface area contributed by atoms with Crippen LogP contribution in [0.4, 0.5) is 15.8 Å². The first kappa shape index (κ1) is 17.5. The summed E-state index contributed by atoms with van der Waals surface area (Å²) in [6, 6.07) is 11.5. The lowest BCUT2D eigenvalue weighted by molar-refractivity contribution is -0.121. The van der Waals surface area contributed by atoms with Crippen LogP contribution in [-0.4, -0.2) is 30.1 Å². The fraction of sp³-hybridized carbons (Fsp3) is 0.111. The van der Waals surface area contributed by atoms with Gasteiger partial charge in [0.05, 0.1) is 16.4 Å². The average molecular weight is 406 g/mol. The molecular weight excluding hydrogens is 393 g/mol. The molecule has 0 aliphatic carbocycles. The lowest BCUT2D eigenvalue weighted by Gasteiger charge is -2.14. The number of nitrogens with zero attached hydrogens (tertiary/aromatic N) is 3. The van der Waals surface area contributed by atoms with E-state index in [-0.39, 0.29) is 11.7 Å². The van der Waals surface area contributed by atoms with Gasteiger partial charge in [-0.3, -0.25) is 9.69 Å². The number of amides is 1. The first-order valence-corrected chi connectivity index (χ1v) is 9.71. The Hall–Kier alpha value is -1.96. The number of likely N-dealkylation sites (N-methyl/N-ethyl adjacent to an activating group) is 1. The second-order valence-electron chi connectivity index (χ2n) is 5.74. The minimum absolute atomic E-state index is 0.107. The van der Waals surface area contributed by atoms with Crippen LogP contribution in [0.1, 0.15) is 0 Å². The number of fused-ring (bicyclic) bond motifs is 1. The molecule has 2 heterocycles. The van der Waals surface area contributed by atoms with Crippen molar-refractivity contribution in [3.8, 4) is 0 Å². The van der Waals surface area contributed by atoms with E-state index in [9.17, 15) is 9.18 Å². The van der Waals surface area contributed by atoms with Crippen LogP contribution < -0.4 is 4.90 Å². The second-order valence-corrected chi connectivity index (χ2v) is 8.19. The number of benzene rings is 2. The Morgan fingerprint density at radius 2 is 1.77 bits per heavy atom. The molecule has 0 atom stereocenters. The van der Waals surface area contributed by atoms with Crippen LogP contribution in [0.25, 0.3) is 0 Å². The summed E-state index contributed by atoms with van der Waals surface area (Å²) >= 11 is 8.95. The predicted molar refractivity (Wildman–Crippen MR) is 107 cm³/mol. The molecule has 2 aromatic carbocycles. The number of halogens is 2. The molecule has 132 valence electrons. The maximum absolute atomic E-state index is 13.1. The number of rotatable bonds is 1. The highest BCUT2D eigenvalue weighted by Crippen LogP contribution is 2.50. The number of carbonyl (C=O) groups is 1.